The SMILES string of the molecule is CCc1cc(C(=O)NC2COC2)ccc1N(C)c1cc2c(cn1)ncn2C. The summed E-state index contributed by atoms with van der Waals surface area (Å²) in [6, 6.07) is 7.96. The number of nitrogens with zero attached hydrogens (tertiary/aromatic N) is 4. The minimum absolute atomic E-state index is 0.0540. The van der Waals surface area contributed by atoms with Crippen molar-refractivity contribution in [1.82, 2.24) is 19.9 Å². The molecule has 1 aliphatic rings. The zero-order valence-electron chi connectivity index (χ0n) is 15.8. The Bertz CT molecular complexity index is 993. The number of nitrogens with one attached hydrogen (secondary N) is 1. The second-order valence-electron chi connectivity index (χ2n) is 6.85. The fraction of sp³-hybridized carbons (Fsp3) is 0.350. The van der Waals surface area contributed by atoms with Crippen LogP contribution in [-0.4, -0.2) is 46.7 Å². The highest BCUT2D eigenvalue weighted by molar-refractivity contribution is 5.95. The third kappa shape index (κ3) is 3.26. The zero-order chi connectivity index (χ0) is 19.0. The summed E-state index contributed by atoms with van der Waals surface area (Å²) in [7, 11) is 3.96. The maximum Gasteiger partial charge on any atom is 0.251 e. The molecule has 2 aromatic heterocycles. The van der Waals surface area contributed by atoms with E-state index in [1.165, 1.54) is 0 Å². The van der Waals surface area contributed by atoms with Crippen LogP contribution in [-0.2, 0) is 18.2 Å². The van der Waals surface area contributed by atoms with Gasteiger partial charge in [-0.25, -0.2) is 9.97 Å². The molecule has 3 aromatic rings. The van der Waals surface area contributed by atoms with Crippen LogP contribution in [0.1, 0.15) is 22.8 Å². The van der Waals surface area contributed by atoms with Crippen molar-refractivity contribution in [2.75, 3.05) is 25.2 Å². The molecule has 27 heavy (non-hydrogen) atoms. The Morgan fingerprint density at radius 2 is 2.15 bits per heavy atom. The number of aromatic nitrogens is 3. The van der Waals surface area contributed by atoms with Crippen molar-refractivity contribution in [2.24, 2.45) is 7.05 Å². The number of imidazole rings is 1. The monoisotopic (exact) mass is 365 g/mol. The van der Waals surface area contributed by atoms with Crippen molar-refractivity contribution in [2.45, 2.75) is 19.4 Å². The van der Waals surface area contributed by atoms with Gasteiger partial charge in [0, 0.05) is 31.4 Å². The van der Waals surface area contributed by atoms with Crippen LogP contribution in [0.15, 0.2) is 36.8 Å². The van der Waals surface area contributed by atoms with E-state index in [2.05, 4.69) is 22.2 Å². The van der Waals surface area contributed by atoms with E-state index in [1.54, 1.807) is 12.5 Å². The van der Waals surface area contributed by atoms with Gasteiger partial charge in [0.25, 0.3) is 5.91 Å². The molecule has 4 rings (SSSR count). The average molecular weight is 365 g/mol. The molecule has 1 N–H and O–H groups in total. The van der Waals surface area contributed by atoms with E-state index >= 15 is 0 Å². The van der Waals surface area contributed by atoms with Gasteiger partial charge in [0.05, 0.1) is 37.3 Å². The first-order chi connectivity index (χ1) is 13.1. The summed E-state index contributed by atoms with van der Waals surface area (Å²) < 4.78 is 7.09. The van der Waals surface area contributed by atoms with Crippen molar-refractivity contribution in [3.63, 3.8) is 0 Å². The zero-order valence-corrected chi connectivity index (χ0v) is 15.8. The molecular weight excluding hydrogens is 342 g/mol. The summed E-state index contributed by atoms with van der Waals surface area (Å²) in [5, 5.41) is 2.99. The number of hydrogen-bond acceptors (Lipinski definition) is 5. The Kier molecular flexibility index (Phi) is 4.53. The van der Waals surface area contributed by atoms with Gasteiger partial charge in [-0.15, -0.1) is 0 Å². The van der Waals surface area contributed by atoms with E-state index in [0.717, 1.165) is 34.5 Å². The van der Waals surface area contributed by atoms with E-state index < -0.39 is 0 Å². The van der Waals surface area contributed by atoms with Crippen molar-refractivity contribution >= 4 is 28.4 Å². The lowest BCUT2D eigenvalue weighted by Gasteiger charge is -2.27. The van der Waals surface area contributed by atoms with Gasteiger partial charge in [-0.2, -0.15) is 0 Å². The van der Waals surface area contributed by atoms with E-state index in [9.17, 15) is 4.79 Å². The van der Waals surface area contributed by atoms with Crippen LogP contribution < -0.4 is 10.2 Å². The van der Waals surface area contributed by atoms with Crippen molar-refractivity contribution < 1.29 is 9.53 Å². The maximum atomic E-state index is 12.4. The number of rotatable bonds is 5. The fourth-order valence-corrected chi connectivity index (χ4v) is 3.25. The van der Waals surface area contributed by atoms with Gasteiger partial charge in [-0.05, 0) is 30.2 Å². The molecule has 1 aliphatic heterocycles. The second-order valence-corrected chi connectivity index (χ2v) is 6.85. The average Bonchev–Trinajstić information content (AvgIpc) is 3.03. The number of hydrogen-bond donors (Lipinski definition) is 1. The summed E-state index contributed by atoms with van der Waals surface area (Å²) in [6.07, 6.45) is 4.39. The van der Waals surface area contributed by atoms with Crippen LogP contribution in [0.4, 0.5) is 11.5 Å². The number of pyridine rings is 1. The Labute approximate surface area is 158 Å². The van der Waals surface area contributed by atoms with Gasteiger partial charge in [0.15, 0.2) is 0 Å². The molecule has 0 atom stereocenters. The Morgan fingerprint density at radius 1 is 1.33 bits per heavy atom. The molecule has 7 nitrogen and oxygen atoms in total. The summed E-state index contributed by atoms with van der Waals surface area (Å²) in [5.74, 6) is 0.784. The molecule has 1 saturated heterocycles. The topological polar surface area (TPSA) is 72.3 Å². The lowest BCUT2D eigenvalue weighted by Crippen LogP contribution is -2.48. The molecule has 140 valence electrons. The molecule has 0 aliphatic carbocycles. The van der Waals surface area contributed by atoms with Gasteiger partial charge in [0.2, 0.25) is 0 Å². The third-order valence-electron chi connectivity index (χ3n) is 5.00. The lowest BCUT2D eigenvalue weighted by molar-refractivity contribution is -0.00346. The molecule has 0 bridgehead atoms. The maximum absolute atomic E-state index is 12.4. The minimum Gasteiger partial charge on any atom is -0.377 e. The molecule has 0 unspecified atom stereocenters. The van der Waals surface area contributed by atoms with E-state index in [1.807, 2.05) is 47.8 Å². The number of amides is 1. The van der Waals surface area contributed by atoms with Gasteiger partial charge in [0.1, 0.15) is 11.3 Å². The van der Waals surface area contributed by atoms with Crippen LogP contribution in [0.5, 0.6) is 0 Å². The van der Waals surface area contributed by atoms with E-state index in [4.69, 9.17) is 4.74 Å². The normalized spacial score (nSPS) is 14.2. The van der Waals surface area contributed by atoms with Crippen LogP contribution in [0.2, 0.25) is 0 Å². The first kappa shape index (κ1) is 17.5. The summed E-state index contributed by atoms with van der Waals surface area (Å²) >= 11 is 0. The first-order valence-corrected chi connectivity index (χ1v) is 9.09. The largest absolute Gasteiger partial charge is 0.377 e. The highest BCUT2D eigenvalue weighted by Gasteiger charge is 2.21. The van der Waals surface area contributed by atoms with Crippen LogP contribution in [0.3, 0.4) is 0 Å². The summed E-state index contributed by atoms with van der Waals surface area (Å²) in [6.45, 7) is 3.27. The van der Waals surface area contributed by atoms with Gasteiger partial charge in [-0.1, -0.05) is 6.92 Å². The molecule has 0 spiro atoms. The highest BCUT2D eigenvalue weighted by Crippen LogP contribution is 2.28. The van der Waals surface area contributed by atoms with E-state index in [0.29, 0.717) is 18.8 Å². The number of ether oxygens (including phenoxy) is 1. The number of anilines is 2. The number of aryl methyl sites for hydroxylation is 2. The second kappa shape index (κ2) is 7.00. The summed E-state index contributed by atoms with van der Waals surface area (Å²) in [5.41, 5.74) is 4.71. The quantitative estimate of drug-likeness (QED) is 0.752. The first-order valence-electron chi connectivity index (χ1n) is 9.09. The lowest BCUT2D eigenvalue weighted by atomic mass is 10.0. The van der Waals surface area contributed by atoms with Crippen molar-refractivity contribution in [3.8, 4) is 0 Å². The number of benzene rings is 1. The smallest absolute Gasteiger partial charge is 0.251 e. The standard InChI is InChI=1S/C20H23N5O2/c1-4-13-7-14(20(26)23-15-10-27-11-15)5-6-17(13)25(3)19-8-18-16(9-21-19)22-12-24(18)2/h5-9,12,15H,4,10-11H2,1-3H3,(H,23,26). The predicted octanol–water partition coefficient (Wildman–Crippen LogP) is 2.43. The molecule has 7 heteroatoms. The third-order valence-corrected chi connectivity index (χ3v) is 5.00. The van der Waals surface area contributed by atoms with Gasteiger partial charge in [-0.3, -0.25) is 4.79 Å². The molecule has 1 aromatic carbocycles. The minimum atomic E-state index is -0.0540. The number of fused-ring (bicyclic) bond motifs is 1. The molecule has 3 heterocycles. The Morgan fingerprint density at radius 3 is 2.85 bits per heavy atom. The molecular formula is C20H23N5O2. The molecule has 0 saturated carbocycles. The molecule has 1 fully saturated rings. The van der Waals surface area contributed by atoms with Crippen LogP contribution in [0, 0.1) is 0 Å². The van der Waals surface area contributed by atoms with Crippen LogP contribution >= 0.6 is 0 Å². The molecule has 1 amide bonds. The Balaban J connectivity index is 1.62. The number of carbonyl (C=O) groups is 1. The van der Waals surface area contributed by atoms with Crippen molar-refractivity contribution in [1.29, 1.82) is 0 Å². The van der Waals surface area contributed by atoms with Gasteiger partial charge >= 0.3 is 0 Å². The van der Waals surface area contributed by atoms with Gasteiger partial charge < -0.3 is 19.5 Å². The van der Waals surface area contributed by atoms with E-state index in [-0.39, 0.29) is 11.9 Å². The summed E-state index contributed by atoms with van der Waals surface area (Å²) in [4.78, 5) is 23.3. The number of carbonyl (C=O) groups excluding carboxylic acids is 1. The predicted molar refractivity (Wildman–Crippen MR) is 104 cm³/mol. The van der Waals surface area contributed by atoms with Crippen LogP contribution in [0.25, 0.3) is 11.0 Å². The highest BCUT2D eigenvalue weighted by atomic mass is 16.5. The Hall–Kier alpha value is -2.93. The fourth-order valence-electron chi connectivity index (χ4n) is 3.25. The van der Waals surface area contributed by atoms with Crippen molar-refractivity contribution in [3.05, 3.63) is 47.9 Å². The molecule has 0 radical (unpaired) electrons.